The van der Waals surface area contributed by atoms with E-state index in [0.29, 0.717) is 5.69 Å². The molecule has 1 aliphatic rings. The molecule has 0 spiro atoms. The van der Waals surface area contributed by atoms with Crippen LogP contribution in [0.3, 0.4) is 0 Å². The van der Waals surface area contributed by atoms with Gasteiger partial charge in [-0.2, -0.15) is 0 Å². The lowest BCUT2D eigenvalue weighted by atomic mass is 10.0. The Bertz CT molecular complexity index is 1220. The first-order valence-corrected chi connectivity index (χ1v) is 9.99. The van der Waals surface area contributed by atoms with Crippen molar-refractivity contribution in [3.05, 3.63) is 88.8 Å². The highest BCUT2D eigenvalue weighted by Crippen LogP contribution is 2.27. The van der Waals surface area contributed by atoms with E-state index in [-0.39, 0.29) is 10.7 Å². The molecule has 1 saturated heterocycles. The number of carbonyl (C=O) groups is 2. The molecule has 0 atom stereocenters. The zero-order chi connectivity index (χ0) is 21.4. The van der Waals surface area contributed by atoms with Crippen LogP contribution in [0.15, 0.2) is 66.4 Å². The minimum atomic E-state index is -0.497. The van der Waals surface area contributed by atoms with E-state index in [0.717, 1.165) is 28.1 Å². The molecular weight excluding hydrogens is 394 g/mol. The van der Waals surface area contributed by atoms with Crippen molar-refractivity contribution in [1.82, 2.24) is 9.88 Å². The van der Waals surface area contributed by atoms with Crippen molar-refractivity contribution in [3.8, 4) is 5.69 Å². The van der Waals surface area contributed by atoms with Crippen LogP contribution in [-0.4, -0.2) is 21.5 Å². The Kier molecular flexibility index (Phi) is 5.10. The molecule has 0 radical (unpaired) electrons. The van der Waals surface area contributed by atoms with E-state index in [4.69, 9.17) is 12.2 Å². The van der Waals surface area contributed by atoms with Crippen LogP contribution in [-0.2, 0) is 9.59 Å². The summed E-state index contributed by atoms with van der Waals surface area (Å²) in [4.78, 5) is 27.4. The zero-order valence-corrected chi connectivity index (χ0v) is 17.8. The van der Waals surface area contributed by atoms with Crippen LogP contribution in [0.25, 0.3) is 11.8 Å². The van der Waals surface area contributed by atoms with Crippen molar-refractivity contribution >= 4 is 40.9 Å². The summed E-state index contributed by atoms with van der Waals surface area (Å²) < 4.78 is 1.94. The van der Waals surface area contributed by atoms with Gasteiger partial charge in [0.05, 0.1) is 5.69 Å². The number of carbonyl (C=O) groups excluding carboxylic acids is 2. The number of rotatable bonds is 3. The Labute approximate surface area is 180 Å². The number of thiocarbonyl (C=S) groups is 1. The molecule has 0 saturated carbocycles. The average Bonchev–Trinajstić information content (AvgIpc) is 3.16. The summed E-state index contributed by atoms with van der Waals surface area (Å²) in [5.74, 6) is -0.932. The first-order valence-electron chi connectivity index (χ1n) is 9.59. The van der Waals surface area contributed by atoms with E-state index in [2.05, 4.69) is 5.32 Å². The van der Waals surface area contributed by atoms with Crippen LogP contribution >= 0.6 is 12.2 Å². The van der Waals surface area contributed by atoms with Crippen molar-refractivity contribution < 1.29 is 9.59 Å². The van der Waals surface area contributed by atoms with E-state index in [1.165, 1.54) is 4.90 Å². The van der Waals surface area contributed by atoms with Gasteiger partial charge in [-0.15, -0.1) is 0 Å². The van der Waals surface area contributed by atoms with Crippen molar-refractivity contribution in [1.29, 1.82) is 0 Å². The van der Waals surface area contributed by atoms with Gasteiger partial charge in [0, 0.05) is 17.6 Å². The maximum absolute atomic E-state index is 13.3. The number of amides is 2. The topological polar surface area (TPSA) is 54.3 Å². The van der Waals surface area contributed by atoms with Crippen molar-refractivity contribution in [3.63, 3.8) is 0 Å². The van der Waals surface area contributed by atoms with Crippen LogP contribution in [0.2, 0.25) is 0 Å². The molecule has 0 unspecified atom stereocenters. The highest BCUT2D eigenvalue weighted by Gasteiger charge is 2.35. The number of hydrogen-bond donors (Lipinski definition) is 1. The second-order valence-corrected chi connectivity index (χ2v) is 7.71. The quantitative estimate of drug-likeness (QED) is 0.396. The largest absolute Gasteiger partial charge is 0.317 e. The average molecular weight is 416 g/mol. The number of benzene rings is 2. The summed E-state index contributed by atoms with van der Waals surface area (Å²) in [6, 6.07) is 17.4. The lowest BCUT2D eigenvalue weighted by molar-refractivity contribution is -0.122. The van der Waals surface area contributed by atoms with Gasteiger partial charge in [0.25, 0.3) is 11.8 Å². The Morgan fingerprint density at radius 1 is 0.967 bits per heavy atom. The lowest BCUT2D eigenvalue weighted by Crippen LogP contribution is -2.54. The van der Waals surface area contributed by atoms with Crippen LogP contribution in [0.4, 0.5) is 5.69 Å². The van der Waals surface area contributed by atoms with E-state index in [1.807, 2.05) is 86.1 Å². The molecule has 2 amide bonds. The molecule has 1 aromatic heterocycles. The van der Waals surface area contributed by atoms with Crippen molar-refractivity contribution in [2.24, 2.45) is 0 Å². The summed E-state index contributed by atoms with van der Waals surface area (Å²) in [5, 5.41) is 2.74. The first kappa shape index (κ1) is 19.8. The number of anilines is 1. The molecule has 2 heterocycles. The molecule has 0 bridgehead atoms. The maximum Gasteiger partial charge on any atom is 0.270 e. The van der Waals surface area contributed by atoms with Gasteiger partial charge in [-0.3, -0.25) is 19.8 Å². The third-order valence-corrected chi connectivity index (χ3v) is 5.56. The van der Waals surface area contributed by atoms with Crippen LogP contribution < -0.4 is 10.2 Å². The summed E-state index contributed by atoms with van der Waals surface area (Å²) in [6.07, 6.45) is 3.51. The molecule has 2 aromatic carbocycles. The monoisotopic (exact) mass is 415 g/mol. The number of hydrogen-bond acceptors (Lipinski definition) is 3. The Morgan fingerprint density at radius 3 is 2.50 bits per heavy atom. The predicted octanol–water partition coefficient (Wildman–Crippen LogP) is 4.23. The number of aromatic nitrogens is 1. The minimum Gasteiger partial charge on any atom is -0.317 e. The molecule has 0 aliphatic carbocycles. The fourth-order valence-electron chi connectivity index (χ4n) is 3.53. The number of nitrogens with one attached hydrogen (secondary N) is 1. The highest BCUT2D eigenvalue weighted by molar-refractivity contribution is 7.80. The standard InChI is InChI=1S/C24H21N3O2S/c1-15-7-4-9-18(13-15)26-12-6-10-19(26)14-20-22(28)25-24(30)27(23(20)29)21-11-5-8-16(2)17(21)3/h4-14H,1-3H3,(H,25,28,30)/b20-14+. The van der Waals surface area contributed by atoms with Crippen LogP contribution in [0.1, 0.15) is 22.4 Å². The van der Waals surface area contributed by atoms with Crippen LogP contribution in [0, 0.1) is 20.8 Å². The third-order valence-electron chi connectivity index (χ3n) is 5.27. The van der Waals surface area contributed by atoms with Gasteiger partial charge in [0.15, 0.2) is 5.11 Å². The second-order valence-electron chi connectivity index (χ2n) is 7.32. The molecule has 30 heavy (non-hydrogen) atoms. The normalized spacial score (nSPS) is 15.6. The van der Waals surface area contributed by atoms with E-state index < -0.39 is 11.8 Å². The Morgan fingerprint density at radius 2 is 1.73 bits per heavy atom. The molecular formula is C24H21N3O2S. The van der Waals surface area contributed by atoms with Gasteiger partial charge in [0.2, 0.25) is 0 Å². The fourth-order valence-corrected chi connectivity index (χ4v) is 3.80. The van der Waals surface area contributed by atoms with Gasteiger partial charge < -0.3 is 4.57 Å². The molecule has 4 rings (SSSR count). The third kappa shape index (κ3) is 3.46. The zero-order valence-electron chi connectivity index (χ0n) is 17.0. The number of aryl methyl sites for hydroxylation is 2. The predicted molar refractivity (Wildman–Crippen MR) is 123 cm³/mol. The smallest absolute Gasteiger partial charge is 0.270 e. The van der Waals surface area contributed by atoms with Gasteiger partial charge in [-0.05, 0) is 86.1 Å². The second kappa shape index (κ2) is 7.72. The SMILES string of the molecule is Cc1cccc(-n2cccc2/C=C2\C(=O)NC(=S)N(c3cccc(C)c3C)C2=O)c1. The van der Waals surface area contributed by atoms with Crippen molar-refractivity contribution in [2.75, 3.05) is 4.90 Å². The van der Waals surface area contributed by atoms with Crippen molar-refractivity contribution in [2.45, 2.75) is 20.8 Å². The summed E-state index contributed by atoms with van der Waals surface area (Å²) in [5.41, 5.74) is 5.50. The summed E-state index contributed by atoms with van der Waals surface area (Å²) in [6.45, 7) is 5.93. The summed E-state index contributed by atoms with van der Waals surface area (Å²) >= 11 is 5.32. The van der Waals surface area contributed by atoms with E-state index in [1.54, 1.807) is 6.08 Å². The molecule has 1 aliphatic heterocycles. The molecule has 5 nitrogen and oxygen atoms in total. The van der Waals surface area contributed by atoms with Crippen LogP contribution in [0.5, 0.6) is 0 Å². The molecule has 1 fully saturated rings. The number of nitrogens with zero attached hydrogens (tertiary/aromatic N) is 2. The van der Waals surface area contributed by atoms with E-state index in [9.17, 15) is 9.59 Å². The Hall–Kier alpha value is -3.51. The Balaban J connectivity index is 1.78. The van der Waals surface area contributed by atoms with Gasteiger partial charge >= 0.3 is 0 Å². The fraction of sp³-hybridized carbons (Fsp3) is 0.125. The molecule has 150 valence electrons. The molecule has 3 aromatic rings. The minimum absolute atomic E-state index is 0.0390. The maximum atomic E-state index is 13.3. The molecule has 1 N–H and O–H groups in total. The first-order chi connectivity index (χ1) is 14.4. The van der Waals surface area contributed by atoms with Gasteiger partial charge in [-0.1, -0.05) is 24.3 Å². The van der Waals surface area contributed by atoms with Gasteiger partial charge in [-0.25, -0.2) is 0 Å². The van der Waals surface area contributed by atoms with E-state index >= 15 is 0 Å². The highest BCUT2D eigenvalue weighted by atomic mass is 32.1. The molecule has 6 heteroatoms. The lowest BCUT2D eigenvalue weighted by Gasteiger charge is -2.30. The summed E-state index contributed by atoms with van der Waals surface area (Å²) in [7, 11) is 0. The van der Waals surface area contributed by atoms with Gasteiger partial charge in [0.1, 0.15) is 5.57 Å².